The van der Waals surface area contributed by atoms with Crippen LogP contribution >= 0.6 is 11.3 Å². The highest BCUT2D eigenvalue weighted by Crippen LogP contribution is 2.32. The zero-order valence-electron chi connectivity index (χ0n) is 11.4. The SMILES string of the molecule is CCN(C)C1CCN(c2sccc2C(=O)OC)C1=O. The molecule has 0 radical (unpaired) electrons. The van der Waals surface area contributed by atoms with Crippen molar-refractivity contribution in [1.29, 1.82) is 0 Å². The van der Waals surface area contributed by atoms with Crippen molar-refractivity contribution in [3.63, 3.8) is 0 Å². The lowest BCUT2D eigenvalue weighted by Gasteiger charge is -2.21. The molecule has 0 bridgehead atoms. The standard InChI is InChI=1S/C13H18N2O3S/c1-4-14(2)10-5-7-15(11(10)16)12-9(6-8-19-12)13(17)18-3/h6,8,10H,4-5,7H2,1-3H3. The fourth-order valence-electron chi connectivity index (χ4n) is 2.27. The van der Waals surface area contributed by atoms with Crippen LogP contribution in [0, 0.1) is 0 Å². The Hall–Kier alpha value is -1.40. The molecule has 2 heterocycles. The third-order valence-corrected chi connectivity index (χ3v) is 4.44. The molecule has 1 atom stereocenters. The molecule has 0 spiro atoms. The van der Waals surface area contributed by atoms with Crippen LogP contribution in [-0.4, -0.2) is 50.1 Å². The summed E-state index contributed by atoms with van der Waals surface area (Å²) in [4.78, 5) is 27.8. The number of thiophene rings is 1. The average molecular weight is 282 g/mol. The zero-order valence-corrected chi connectivity index (χ0v) is 12.2. The summed E-state index contributed by atoms with van der Waals surface area (Å²) in [5.74, 6) is -0.326. The van der Waals surface area contributed by atoms with Crippen molar-refractivity contribution in [2.45, 2.75) is 19.4 Å². The van der Waals surface area contributed by atoms with Crippen LogP contribution in [0.2, 0.25) is 0 Å². The highest BCUT2D eigenvalue weighted by Gasteiger charge is 2.36. The van der Waals surface area contributed by atoms with Crippen molar-refractivity contribution < 1.29 is 14.3 Å². The largest absolute Gasteiger partial charge is 0.465 e. The van der Waals surface area contributed by atoms with E-state index in [9.17, 15) is 9.59 Å². The van der Waals surface area contributed by atoms with Crippen LogP contribution in [0.25, 0.3) is 0 Å². The lowest BCUT2D eigenvalue weighted by atomic mass is 10.2. The number of hydrogen-bond acceptors (Lipinski definition) is 5. The molecule has 5 nitrogen and oxygen atoms in total. The van der Waals surface area contributed by atoms with Crippen molar-refractivity contribution in [1.82, 2.24) is 4.90 Å². The highest BCUT2D eigenvalue weighted by atomic mass is 32.1. The highest BCUT2D eigenvalue weighted by molar-refractivity contribution is 7.14. The summed E-state index contributed by atoms with van der Waals surface area (Å²) in [5.41, 5.74) is 0.473. The van der Waals surface area contributed by atoms with Gasteiger partial charge in [0.05, 0.1) is 18.7 Å². The fraction of sp³-hybridized carbons (Fsp3) is 0.538. The Bertz CT molecular complexity index is 486. The first kappa shape index (κ1) is 14.0. The molecule has 1 aromatic heterocycles. The molecule has 1 aliphatic rings. The summed E-state index contributed by atoms with van der Waals surface area (Å²) in [6.07, 6.45) is 0.793. The maximum absolute atomic E-state index is 12.4. The molecule has 6 heteroatoms. The molecule has 2 rings (SSSR count). The third kappa shape index (κ3) is 2.50. The zero-order chi connectivity index (χ0) is 14.0. The maximum Gasteiger partial charge on any atom is 0.340 e. The van der Waals surface area contributed by atoms with E-state index < -0.39 is 5.97 Å². The summed E-state index contributed by atoms with van der Waals surface area (Å²) in [6, 6.07) is 1.62. The number of anilines is 1. The molecule has 0 N–H and O–H groups in total. The van der Waals surface area contributed by atoms with Gasteiger partial charge in [0.1, 0.15) is 5.00 Å². The van der Waals surface area contributed by atoms with Crippen molar-refractivity contribution in [3.8, 4) is 0 Å². The molecule has 1 fully saturated rings. The van der Waals surface area contributed by atoms with Gasteiger partial charge in [0.2, 0.25) is 5.91 Å². The van der Waals surface area contributed by atoms with E-state index in [0.717, 1.165) is 13.0 Å². The van der Waals surface area contributed by atoms with Crippen LogP contribution in [0.5, 0.6) is 0 Å². The van der Waals surface area contributed by atoms with E-state index in [2.05, 4.69) is 0 Å². The van der Waals surface area contributed by atoms with Crippen LogP contribution in [0.4, 0.5) is 5.00 Å². The Morgan fingerprint density at radius 2 is 2.37 bits per heavy atom. The molecule has 1 aromatic rings. The van der Waals surface area contributed by atoms with Crippen molar-refractivity contribution in [3.05, 3.63) is 17.0 Å². The Morgan fingerprint density at radius 3 is 3.00 bits per heavy atom. The Morgan fingerprint density at radius 1 is 1.63 bits per heavy atom. The number of rotatable bonds is 4. The molecule has 1 saturated heterocycles. The minimum Gasteiger partial charge on any atom is -0.465 e. The number of esters is 1. The average Bonchev–Trinajstić information content (AvgIpc) is 3.03. The predicted octanol–water partition coefficient (Wildman–Crippen LogP) is 1.59. The van der Waals surface area contributed by atoms with Gasteiger partial charge in [-0.05, 0) is 31.5 Å². The van der Waals surface area contributed by atoms with Crippen molar-refractivity contribution >= 4 is 28.2 Å². The molecule has 0 aliphatic carbocycles. The Balaban J connectivity index is 2.23. The van der Waals surface area contributed by atoms with E-state index in [1.54, 1.807) is 11.0 Å². The molecule has 0 aromatic carbocycles. The first-order valence-corrected chi connectivity index (χ1v) is 7.15. The molecule has 1 unspecified atom stereocenters. The van der Waals surface area contributed by atoms with Gasteiger partial charge in [-0.1, -0.05) is 6.92 Å². The van der Waals surface area contributed by atoms with Gasteiger partial charge < -0.3 is 9.64 Å². The Kier molecular flexibility index (Phi) is 4.21. The number of carbonyl (C=O) groups is 2. The minimum atomic E-state index is -0.392. The number of ether oxygens (including phenoxy) is 1. The molecule has 1 aliphatic heterocycles. The summed E-state index contributed by atoms with van der Waals surface area (Å²) in [6.45, 7) is 3.51. The van der Waals surface area contributed by atoms with Gasteiger partial charge in [0.25, 0.3) is 0 Å². The van der Waals surface area contributed by atoms with Crippen LogP contribution in [0.3, 0.4) is 0 Å². The van der Waals surface area contributed by atoms with Gasteiger partial charge in [-0.3, -0.25) is 9.69 Å². The topological polar surface area (TPSA) is 49.9 Å². The van der Waals surface area contributed by atoms with Crippen LogP contribution in [0.1, 0.15) is 23.7 Å². The molecule has 104 valence electrons. The number of likely N-dealkylation sites (N-methyl/N-ethyl adjacent to an activating group) is 1. The smallest absolute Gasteiger partial charge is 0.340 e. The number of methoxy groups -OCH3 is 1. The van der Waals surface area contributed by atoms with Gasteiger partial charge in [-0.25, -0.2) is 4.79 Å². The van der Waals surface area contributed by atoms with Crippen molar-refractivity contribution in [2.24, 2.45) is 0 Å². The second-order valence-corrected chi connectivity index (χ2v) is 5.39. The van der Waals surface area contributed by atoms with Crippen LogP contribution in [-0.2, 0) is 9.53 Å². The summed E-state index contributed by atoms with van der Waals surface area (Å²) in [5, 5.41) is 2.51. The summed E-state index contributed by atoms with van der Waals surface area (Å²) < 4.78 is 4.74. The number of hydrogen-bond donors (Lipinski definition) is 0. The summed E-state index contributed by atoms with van der Waals surface area (Å²) in [7, 11) is 3.30. The quantitative estimate of drug-likeness (QED) is 0.787. The lowest BCUT2D eigenvalue weighted by molar-refractivity contribution is -0.121. The lowest BCUT2D eigenvalue weighted by Crippen LogP contribution is -2.39. The fourth-order valence-corrected chi connectivity index (χ4v) is 3.19. The number of nitrogens with zero attached hydrogens (tertiary/aromatic N) is 2. The summed E-state index contributed by atoms with van der Waals surface area (Å²) >= 11 is 1.40. The number of carbonyl (C=O) groups excluding carboxylic acids is 2. The number of amides is 1. The van der Waals surface area contributed by atoms with Gasteiger partial charge >= 0.3 is 5.97 Å². The molecule has 1 amide bonds. The van der Waals surface area contributed by atoms with Gasteiger partial charge in [-0.2, -0.15) is 0 Å². The van der Waals surface area contributed by atoms with Gasteiger partial charge in [0, 0.05) is 6.54 Å². The monoisotopic (exact) mass is 282 g/mol. The van der Waals surface area contributed by atoms with Crippen LogP contribution < -0.4 is 4.90 Å². The second-order valence-electron chi connectivity index (χ2n) is 4.50. The van der Waals surface area contributed by atoms with Crippen molar-refractivity contribution in [2.75, 3.05) is 32.1 Å². The maximum atomic E-state index is 12.4. The normalized spacial score (nSPS) is 19.3. The first-order valence-electron chi connectivity index (χ1n) is 6.27. The van der Waals surface area contributed by atoms with E-state index in [1.807, 2.05) is 24.3 Å². The van der Waals surface area contributed by atoms with Gasteiger partial charge in [-0.15, -0.1) is 11.3 Å². The molecule has 0 saturated carbocycles. The second kappa shape index (κ2) is 5.71. The van der Waals surface area contributed by atoms with Crippen LogP contribution in [0.15, 0.2) is 11.4 Å². The minimum absolute atomic E-state index is 0.0666. The van der Waals surface area contributed by atoms with Gasteiger partial charge in [0.15, 0.2) is 0 Å². The third-order valence-electron chi connectivity index (χ3n) is 3.50. The van der Waals surface area contributed by atoms with E-state index in [1.165, 1.54) is 18.4 Å². The first-order chi connectivity index (χ1) is 9.10. The molecule has 19 heavy (non-hydrogen) atoms. The molecular weight excluding hydrogens is 264 g/mol. The molecular formula is C13H18N2O3S. The Labute approximate surface area is 116 Å². The van der Waals surface area contributed by atoms with E-state index in [0.29, 0.717) is 17.1 Å². The van der Waals surface area contributed by atoms with E-state index >= 15 is 0 Å². The van der Waals surface area contributed by atoms with E-state index in [-0.39, 0.29) is 11.9 Å². The van der Waals surface area contributed by atoms with E-state index in [4.69, 9.17) is 4.74 Å². The predicted molar refractivity (Wildman–Crippen MR) is 74.7 cm³/mol.